The molecule has 34 heavy (non-hydrogen) atoms. The molecule has 1 unspecified atom stereocenters. The molecule has 1 aliphatic carbocycles. The summed E-state index contributed by atoms with van der Waals surface area (Å²) in [4.78, 5) is 12.9. The van der Waals surface area contributed by atoms with Crippen LogP contribution < -0.4 is 10.6 Å². The highest BCUT2D eigenvalue weighted by molar-refractivity contribution is 7.90. The Labute approximate surface area is 194 Å². The van der Waals surface area contributed by atoms with Gasteiger partial charge in [-0.1, -0.05) is 42.0 Å². The molecule has 1 aliphatic rings. The molecule has 182 valence electrons. The maximum Gasteiger partial charge on any atom is 0.407 e. The lowest BCUT2D eigenvalue weighted by atomic mass is 10.0. The number of carbonyl (C=O) groups excluding carboxylic acids is 1. The molecule has 1 amide bonds. The standard InChI is InChI=1S/C23H23F4N3O3S/c1-15-2-4-16(5-3-15)12-34(32,33)13-19(21(31)30-22(14-28)10-11-22)29-20(23(25,26)27)17-6-8-18(24)9-7-17/h2-9,19-20,29H,10-13H2,1H3,(H,30,31)/t19?,20-/m0/s1. The number of benzene rings is 2. The number of carbonyl (C=O) groups is 1. The van der Waals surface area contributed by atoms with Crippen molar-refractivity contribution in [3.63, 3.8) is 0 Å². The first-order valence-corrected chi connectivity index (χ1v) is 12.2. The molecule has 2 aromatic rings. The van der Waals surface area contributed by atoms with Gasteiger partial charge in [-0.2, -0.15) is 18.4 Å². The van der Waals surface area contributed by atoms with E-state index in [0.29, 0.717) is 18.4 Å². The van der Waals surface area contributed by atoms with E-state index in [4.69, 9.17) is 0 Å². The molecule has 0 aromatic heterocycles. The SMILES string of the molecule is Cc1ccc(CS(=O)(=O)CC(N[C@@H](c2ccc(F)cc2)C(F)(F)F)C(=O)NC2(C#N)CC2)cc1. The average molecular weight is 498 g/mol. The summed E-state index contributed by atoms with van der Waals surface area (Å²) in [6.45, 7) is 1.82. The van der Waals surface area contributed by atoms with Gasteiger partial charge < -0.3 is 5.32 Å². The van der Waals surface area contributed by atoms with Crippen LogP contribution in [0.5, 0.6) is 0 Å². The van der Waals surface area contributed by atoms with Gasteiger partial charge in [0.2, 0.25) is 5.91 Å². The molecular formula is C23H23F4N3O3S. The number of hydrogen-bond acceptors (Lipinski definition) is 5. The highest BCUT2D eigenvalue weighted by atomic mass is 32.2. The summed E-state index contributed by atoms with van der Waals surface area (Å²) in [7, 11) is -4.05. The average Bonchev–Trinajstić information content (AvgIpc) is 3.52. The lowest BCUT2D eigenvalue weighted by Crippen LogP contribution is -2.54. The molecule has 0 saturated heterocycles. The largest absolute Gasteiger partial charge is 0.407 e. The Bertz CT molecular complexity index is 1170. The fourth-order valence-electron chi connectivity index (χ4n) is 3.40. The smallest absolute Gasteiger partial charge is 0.336 e. The van der Waals surface area contributed by atoms with Gasteiger partial charge >= 0.3 is 6.18 Å². The van der Waals surface area contributed by atoms with Gasteiger partial charge in [0.1, 0.15) is 23.4 Å². The quantitative estimate of drug-likeness (QED) is 0.517. The third-order valence-corrected chi connectivity index (χ3v) is 7.08. The van der Waals surface area contributed by atoms with Crippen LogP contribution in [0.3, 0.4) is 0 Å². The molecule has 0 spiro atoms. The predicted octanol–water partition coefficient (Wildman–Crippen LogP) is 3.48. The minimum absolute atomic E-state index is 0.318. The Morgan fingerprint density at radius 3 is 2.21 bits per heavy atom. The fourth-order valence-corrected chi connectivity index (χ4v) is 4.97. The zero-order valence-electron chi connectivity index (χ0n) is 18.2. The second-order valence-corrected chi connectivity index (χ2v) is 10.6. The number of nitrogens with one attached hydrogen (secondary N) is 2. The van der Waals surface area contributed by atoms with Crippen LogP contribution >= 0.6 is 0 Å². The number of halogens is 4. The normalized spacial score (nSPS) is 16.8. The van der Waals surface area contributed by atoms with Gasteiger partial charge in [0.25, 0.3) is 0 Å². The van der Waals surface area contributed by atoms with Gasteiger partial charge in [-0.25, -0.2) is 12.8 Å². The van der Waals surface area contributed by atoms with E-state index < -0.39 is 56.9 Å². The van der Waals surface area contributed by atoms with Crippen molar-refractivity contribution in [3.8, 4) is 6.07 Å². The molecule has 2 atom stereocenters. The Morgan fingerprint density at radius 1 is 1.12 bits per heavy atom. The lowest BCUT2D eigenvalue weighted by molar-refractivity contribution is -0.160. The third kappa shape index (κ3) is 6.77. The van der Waals surface area contributed by atoms with Crippen LogP contribution in [0.1, 0.15) is 35.6 Å². The number of sulfone groups is 1. The molecule has 0 radical (unpaired) electrons. The van der Waals surface area contributed by atoms with E-state index in [1.165, 1.54) is 0 Å². The van der Waals surface area contributed by atoms with Crippen LogP contribution in [0.2, 0.25) is 0 Å². The molecule has 2 N–H and O–H groups in total. The maximum absolute atomic E-state index is 13.9. The highest BCUT2D eigenvalue weighted by Gasteiger charge is 2.48. The van der Waals surface area contributed by atoms with E-state index in [2.05, 4.69) is 10.6 Å². The van der Waals surface area contributed by atoms with Gasteiger partial charge in [-0.15, -0.1) is 0 Å². The second kappa shape index (κ2) is 9.72. The Morgan fingerprint density at radius 2 is 1.71 bits per heavy atom. The summed E-state index contributed by atoms with van der Waals surface area (Å²) >= 11 is 0. The molecule has 0 aliphatic heterocycles. The first kappa shape index (κ1) is 25.6. The van der Waals surface area contributed by atoms with Crippen molar-refractivity contribution in [1.29, 1.82) is 5.26 Å². The summed E-state index contributed by atoms with van der Waals surface area (Å²) in [5, 5.41) is 13.7. The Balaban J connectivity index is 1.88. The van der Waals surface area contributed by atoms with E-state index >= 15 is 0 Å². The van der Waals surface area contributed by atoms with E-state index in [-0.39, 0.29) is 5.56 Å². The molecular weight excluding hydrogens is 474 g/mol. The summed E-state index contributed by atoms with van der Waals surface area (Å²) in [6.07, 6.45) is -4.28. The number of hydrogen-bond donors (Lipinski definition) is 2. The van der Waals surface area contributed by atoms with Crippen LogP contribution in [-0.4, -0.2) is 37.8 Å². The summed E-state index contributed by atoms with van der Waals surface area (Å²) in [5.74, 6) is -3.18. The van der Waals surface area contributed by atoms with Crippen molar-refractivity contribution in [2.75, 3.05) is 5.75 Å². The van der Waals surface area contributed by atoms with Crippen LogP contribution in [0.25, 0.3) is 0 Å². The predicted molar refractivity (Wildman–Crippen MR) is 117 cm³/mol. The maximum atomic E-state index is 13.9. The molecule has 6 nitrogen and oxygen atoms in total. The van der Waals surface area contributed by atoms with E-state index in [9.17, 15) is 36.0 Å². The minimum atomic E-state index is -4.91. The highest BCUT2D eigenvalue weighted by Crippen LogP contribution is 2.35. The molecule has 2 aromatic carbocycles. The fraction of sp³-hybridized carbons (Fsp3) is 0.391. The lowest BCUT2D eigenvalue weighted by Gasteiger charge is -2.28. The second-order valence-electron chi connectivity index (χ2n) is 8.47. The van der Waals surface area contributed by atoms with Crippen LogP contribution in [-0.2, 0) is 20.4 Å². The Kier molecular flexibility index (Phi) is 7.33. The van der Waals surface area contributed by atoms with Gasteiger partial charge in [-0.05, 0) is 43.0 Å². The zero-order valence-corrected chi connectivity index (χ0v) is 19.0. The topological polar surface area (TPSA) is 99.1 Å². The van der Waals surface area contributed by atoms with E-state index in [1.807, 2.05) is 13.0 Å². The van der Waals surface area contributed by atoms with Gasteiger partial charge in [0.15, 0.2) is 9.84 Å². The van der Waals surface area contributed by atoms with Crippen molar-refractivity contribution in [1.82, 2.24) is 10.6 Å². The molecule has 0 heterocycles. The van der Waals surface area contributed by atoms with Gasteiger partial charge in [0.05, 0.1) is 17.6 Å². The summed E-state index contributed by atoms with van der Waals surface area (Å²) in [5.41, 5.74) is -0.268. The van der Waals surface area contributed by atoms with Crippen LogP contribution in [0.4, 0.5) is 17.6 Å². The molecule has 11 heteroatoms. The zero-order chi connectivity index (χ0) is 25.1. The number of amides is 1. The van der Waals surface area contributed by atoms with E-state index in [1.54, 1.807) is 24.3 Å². The summed E-state index contributed by atoms with van der Waals surface area (Å²) < 4.78 is 80.6. The molecule has 3 rings (SSSR count). The van der Waals surface area contributed by atoms with Crippen molar-refractivity contribution in [2.45, 2.75) is 49.3 Å². The Hall–Kier alpha value is -2.97. The van der Waals surface area contributed by atoms with Crippen molar-refractivity contribution in [2.24, 2.45) is 0 Å². The molecule has 1 fully saturated rings. The first-order chi connectivity index (χ1) is 15.8. The minimum Gasteiger partial charge on any atom is -0.336 e. The molecule has 0 bridgehead atoms. The van der Waals surface area contributed by atoms with Gasteiger partial charge in [0, 0.05) is 0 Å². The summed E-state index contributed by atoms with van der Waals surface area (Å²) in [6, 6.07) is 7.72. The van der Waals surface area contributed by atoms with Crippen molar-refractivity contribution in [3.05, 3.63) is 71.0 Å². The third-order valence-electron chi connectivity index (χ3n) is 5.47. The monoisotopic (exact) mass is 497 g/mol. The van der Waals surface area contributed by atoms with Crippen molar-refractivity contribution < 1.29 is 30.8 Å². The van der Waals surface area contributed by atoms with Crippen LogP contribution in [0, 0.1) is 24.1 Å². The number of alkyl halides is 3. The number of rotatable bonds is 9. The van der Waals surface area contributed by atoms with Crippen molar-refractivity contribution >= 4 is 15.7 Å². The van der Waals surface area contributed by atoms with Gasteiger partial charge in [-0.3, -0.25) is 10.1 Å². The number of nitriles is 1. The number of aryl methyl sites for hydroxylation is 1. The first-order valence-electron chi connectivity index (χ1n) is 10.4. The molecule has 1 saturated carbocycles. The van der Waals surface area contributed by atoms with E-state index in [0.717, 1.165) is 29.8 Å². The van der Waals surface area contributed by atoms with Crippen LogP contribution in [0.15, 0.2) is 48.5 Å². The number of nitrogens with zero attached hydrogens (tertiary/aromatic N) is 1.